The third-order valence-corrected chi connectivity index (χ3v) is 7.57. The van der Waals surface area contributed by atoms with Crippen LogP contribution in [0.3, 0.4) is 0 Å². The molecule has 8 heteroatoms. The zero-order valence-corrected chi connectivity index (χ0v) is 20.0. The zero-order valence-electron chi connectivity index (χ0n) is 20.0. The van der Waals surface area contributed by atoms with Crippen molar-refractivity contribution in [1.29, 1.82) is 5.26 Å². The number of likely N-dealkylation sites (tertiary alicyclic amines) is 1. The van der Waals surface area contributed by atoms with E-state index in [0.717, 1.165) is 5.56 Å². The summed E-state index contributed by atoms with van der Waals surface area (Å²) in [5.41, 5.74) is 3.37. The molecule has 1 saturated carbocycles. The van der Waals surface area contributed by atoms with E-state index in [1.807, 2.05) is 12.1 Å². The fraction of sp³-hybridized carbons (Fsp3) is 0.481. The fourth-order valence-electron chi connectivity index (χ4n) is 5.43. The first-order chi connectivity index (χ1) is 17.0. The molecule has 182 valence electrons. The zero-order chi connectivity index (χ0) is 24.5. The Hall–Kier alpha value is -3.44. The molecule has 3 heterocycles. The molecular formula is C27H31N5O3. The number of aliphatic hydroxyl groups is 1. The van der Waals surface area contributed by atoms with E-state index in [4.69, 9.17) is 4.98 Å². The molecule has 1 aliphatic heterocycles. The van der Waals surface area contributed by atoms with Crippen molar-refractivity contribution in [2.24, 2.45) is 5.92 Å². The van der Waals surface area contributed by atoms with Gasteiger partial charge in [-0.05, 0) is 30.7 Å². The van der Waals surface area contributed by atoms with Crippen molar-refractivity contribution < 1.29 is 9.90 Å². The number of fused-ring (bicyclic) bond motifs is 1. The van der Waals surface area contributed by atoms with Crippen molar-refractivity contribution in [2.75, 3.05) is 19.7 Å². The SMILES string of the molecule is CC(CO)c1[nH]n2c(=O)cc(-c3ccc(C4CCCCC4)cc3)nc2c1C(=O)N1CCC(C#N)C1. The number of aromatic nitrogens is 3. The van der Waals surface area contributed by atoms with Gasteiger partial charge in [-0.2, -0.15) is 5.26 Å². The molecule has 35 heavy (non-hydrogen) atoms. The van der Waals surface area contributed by atoms with Gasteiger partial charge in [0.1, 0.15) is 5.56 Å². The van der Waals surface area contributed by atoms with Crippen molar-refractivity contribution in [3.8, 4) is 17.3 Å². The fourth-order valence-corrected chi connectivity index (χ4v) is 5.43. The first-order valence-corrected chi connectivity index (χ1v) is 12.6. The Labute approximate surface area is 204 Å². The van der Waals surface area contributed by atoms with Gasteiger partial charge in [-0.1, -0.05) is 50.5 Å². The van der Waals surface area contributed by atoms with Crippen LogP contribution in [0.5, 0.6) is 0 Å². The minimum Gasteiger partial charge on any atom is -0.396 e. The Morgan fingerprint density at radius 1 is 1.23 bits per heavy atom. The second kappa shape index (κ2) is 9.67. The van der Waals surface area contributed by atoms with Gasteiger partial charge in [0, 0.05) is 30.6 Å². The van der Waals surface area contributed by atoms with Gasteiger partial charge in [0.25, 0.3) is 11.5 Å². The quantitative estimate of drug-likeness (QED) is 0.585. The lowest BCUT2D eigenvalue weighted by atomic mass is 9.84. The average molecular weight is 474 g/mol. The summed E-state index contributed by atoms with van der Waals surface area (Å²) < 4.78 is 1.28. The highest BCUT2D eigenvalue weighted by atomic mass is 16.3. The Balaban J connectivity index is 1.56. The van der Waals surface area contributed by atoms with Gasteiger partial charge in [-0.25, -0.2) is 9.50 Å². The predicted molar refractivity (Wildman–Crippen MR) is 132 cm³/mol. The third-order valence-electron chi connectivity index (χ3n) is 7.57. The summed E-state index contributed by atoms with van der Waals surface area (Å²) in [6.45, 7) is 2.44. The lowest BCUT2D eigenvalue weighted by molar-refractivity contribution is 0.0789. The normalized spacial score (nSPS) is 19.7. The molecule has 2 N–H and O–H groups in total. The minimum atomic E-state index is -0.386. The van der Waals surface area contributed by atoms with Gasteiger partial charge >= 0.3 is 0 Å². The van der Waals surface area contributed by atoms with E-state index in [-0.39, 0.29) is 35.6 Å². The van der Waals surface area contributed by atoms with Gasteiger partial charge in [-0.3, -0.25) is 14.7 Å². The summed E-state index contributed by atoms with van der Waals surface area (Å²) in [4.78, 5) is 33.0. The summed E-state index contributed by atoms with van der Waals surface area (Å²) in [5, 5.41) is 22.1. The number of benzene rings is 1. The number of nitrogens with one attached hydrogen (secondary N) is 1. The van der Waals surface area contributed by atoms with E-state index < -0.39 is 0 Å². The molecule has 1 aliphatic carbocycles. The van der Waals surface area contributed by atoms with Crippen LogP contribution in [0.4, 0.5) is 0 Å². The van der Waals surface area contributed by atoms with Crippen LogP contribution in [-0.2, 0) is 0 Å². The number of carbonyl (C=O) groups excluding carboxylic acids is 1. The van der Waals surface area contributed by atoms with Gasteiger partial charge in [0.05, 0.1) is 30.0 Å². The number of carbonyl (C=O) groups is 1. The van der Waals surface area contributed by atoms with E-state index in [2.05, 4.69) is 23.3 Å². The summed E-state index contributed by atoms with van der Waals surface area (Å²) in [7, 11) is 0. The molecule has 2 aliphatic rings. The van der Waals surface area contributed by atoms with Crippen molar-refractivity contribution >= 4 is 11.6 Å². The lowest BCUT2D eigenvalue weighted by Gasteiger charge is -2.22. The third kappa shape index (κ3) is 4.37. The van der Waals surface area contributed by atoms with Crippen molar-refractivity contribution in [3.63, 3.8) is 0 Å². The lowest BCUT2D eigenvalue weighted by Crippen LogP contribution is -2.30. The summed E-state index contributed by atoms with van der Waals surface area (Å²) in [6, 6.07) is 12.0. The second-order valence-electron chi connectivity index (χ2n) is 9.95. The molecule has 5 rings (SSSR count). The van der Waals surface area contributed by atoms with Crippen molar-refractivity contribution in [2.45, 2.75) is 57.3 Å². The molecule has 0 spiro atoms. The number of hydrogen-bond acceptors (Lipinski definition) is 5. The van der Waals surface area contributed by atoms with E-state index in [1.165, 1.54) is 48.2 Å². The first-order valence-electron chi connectivity index (χ1n) is 12.6. The van der Waals surface area contributed by atoms with Gasteiger partial charge in [0.15, 0.2) is 5.65 Å². The highest BCUT2D eigenvalue weighted by molar-refractivity contribution is 6.01. The Kier molecular flexibility index (Phi) is 6.44. The van der Waals surface area contributed by atoms with E-state index in [1.54, 1.807) is 11.8 Å². The molecule has 1 saturated heterocycles. The number of nitrogens with zero attached hydrogens (tertiary/aromatic N) is 4. The number of nitriles is 1. The number of H-pyrrole nitrogens is 1. The number of aliphatic hydroxyl groups excluding tert-OH is 1. The second-order valence-corrected chi connectivity index (χ2v) is 9.95. The highest BCUT2D eigenvalue weighted by Crippen LogP contribution is 2.33. The van der Waals surface area contributed by atoms with E-state index in [0.29, 0.717) is 42.4 Å². The Bertz CT molecular complexity index is 1330. The Morgan fingerprint density at radius 3 is 2.63 bits per heavy atom. The van der Waals surface area contributed by atoms with E-state index in [9.17, 15) is 20.0 Å². The van der Waals surface area contributed by atoms with Gasteiger partial charge in [0.2, 0.25) is 0 Å². The molecule has 2 aromatic heterocycles. The first kappa shape index (κ1) is 23.3. The number of rotatable bonds is 5. The number of hydrogen-bond donors (Lipinski definition) is 2. The van der Waals surface area contributed by atoms with Crippen LogP contribution >= 0.6 is 0 Å². The summed E-state index contributed by atoms with van der Waals surface area (Å²) in [6.07, 6.45) is 6.91. The molecule has 1 aromatic carbocycles. The highest BCUT2D eigenvalue weighted by Gasteiger charge is 2.32. The van der Waals surface area contributed by atoms with Crippen LogP contribution in [0.2, 0.25) is 0 Å². The smallest absolute Gasteiger partial charge is 0.273 e. The number of amides is 1. The van der Waals surface area contributed by atoms with Gasteiger partial charge < -0.3 is 10.0 Å². The predicted octanol–water partition coefficient (Wildman–Crippen LogP) is 3.82. The van der Waals surface area contributed by atoms with Crippen LogP contribution in [0.15, 0.2) is 35.1 Å². The van der Waals surface area contributed by atoms with E-state index >= 15 is 0 Å². The molecule has 0 bridgehead atoms. The summed E-state index contributed by atoms with van der Waals surface area (Å²) in [5.74, 6) is -0.263. The molecule has 2 unspecified atom stereocenters. The molecule has 8 nitrogen and oxygen atoms in total. The molecular weight excluding hydrogens is 442 g/mol. The van der Waals surface area contributed by atoms with Crippen molar-refractivity contribution in [3.05, 3.63) is 57.5 Å². The topological polar surface area (TPSA) is 114 Å². The average Bonchev–Trinajstić information content (AvgIpc) is 3.54. The monoisotopic (exact) mass is 473 g/mol. The standard InChI is InChI=1S/C27H31N5O3/c1-17(16-33)25-24(27(35)31-12-11-18(14-28)15-31)26-29-22(13-23(34)32(26)30-25)21-9-7-20(8-10-21)19-5-3-2-4-6-19/h7-10,13,17-19,30,33H,2-6,11-12,15-16H2,1H3. The Morgan fingerprint density at radius 2 is 1.97 bits per heavy atom. The molecule has 0 radical (unpaired) electrons. The van der Waals surface area contributed by atoms with Crippen LogP contribution < -0.4 is 5.56 Å². The molecule has 1 amide bonds. The number of aromatic amines is 1. The van der Waals surface area contributed by atoms with Crippen LogP contribution in [-0.4, -0.2) is 50.2 Å². The minimum absolute atomic E-state index is 0.182. The summed E-state index contributed by atoms with van der Waals surface area (Å²) >= 11 is 0. The van der Waals surface area contributed by atoms with Crippen molar-refractivity contribution in [1.82, 2.24) is 19.5 Å². The molecule has 3 aromatic rings. The maximum absolute atomic E-state index is 13.6. The molecule has 2 fully saturated rings. The van der Waals surface area contributed by atoms with Crippen LogP contribution in [0.1, 0.15) is 78.9 Å². The maximum atomic E-state index is 13.6. The largest absolute Gasteiger partial charge is 0.396 e. The van der Waals surface area contributed by atoms with Crippen LogP contribution in [0.25, 0.3) is 16.9 Å². The molecule has 2 atom stereocenters. The van der Waals surface area contributed by atoms with Gasteiger partial charge in [-0.15, -0.1) is 0 Å². The maximum Gasteiger partial charge on any atom is 0.273 e. The van der Waals surface area contributed by atoms with Crippen LogP contribution in [0, 0.1) is 17.2 Å².